The van der Waals surface area contributed by atoms with Crippen molar-refractivity contribution >= 4 is 64.4 Å². The van der Waals surface area contributed by atoms with E-state index >= 15 is 0 Å². The van der Waals surface area contributed by atoms with Gasteiger partial charge in [0.05, 0.1) is 11.1 Å². The number of hydrogen-bond acceptors (Lipinski definition) is 12. The highest BCUT2D eigenvalue weighted by atomic mass is 16.2. The van der Waals surface area contributed by atoms with Gasteiger partial charge in [-0.2, -0.15) is 0 Å². The highest BCUT2D eigenvalue weighted by Crippen LogP contribution is 2.63. The lowest BCUT2D eigenvalue weighted by Gasteiger charge is -2.39. The maximum absolute atomic E-state index is 13.8. The molecule has 2 aromatic heterocycles. The molecule has 2 spiro atoms. The molecule has 3 fully saturated rings. The number of aryl methyl sites for hydroxylation is 1. The number of nitrogens with two attached hydrogens (primary N) is 1. The highest BCUT2D eigenvalue weighted by molar-refractivity contribution is 6.24. The molecule has 1 saturated heterocycles. The molecule has 1 aromatic carbocycles. The number of nitrogens with one attached hydrogen (secondary N) is 5. The van der Waals surface area contributed by atoms with Gasteiger partial charge in [-0.3, -0.25) is 53.1 Å². The van der Waals surface area contributed by atoms with Gasteiger partial charge in [-0.1, -0.05) is 32.1 Å². The summed E-state index contributed by atoms with van der Waals surface area (Å²) < 4.78 is 1.61. The van der Waals surface area contributed by atoms with Gasteiger partial charge < -0.3 is 27.0 Å². The average molecular weight is 835 g/mol. The number of imide groups is 2. The number of rotatable bonds is 15. The van der Waals surface area contributed by atoms with Crippen molar-refractivity contribution in [2.45, 2.75) is 115 Å². The fourth-order valence-electron chi connectivity index (χ4n) is 9.61. The van der Waals surface area contributed by atoms with E-state index < -0.39 is 35.3 Å². The molecule has 3 aliphatic heterocycles. The van der Waals surface area contributed by atoms with E-state index in [1.54, 1.807) is 23.6 Å². The lowest BCUT2D eigenvalue weighted by atomic mass is 9.78. The normalized spacial score (nSPS) is 23.8. The van der Waals surface area contributed by atoms with Crippen LogP contribution in [0.25, 0.3) is 0 Å². The summed E-state index contributed by atoms with van der Waals surface area (Å²) in [4.78, 5) is 112. The number of aromatic nitrogens is 3. The summed E-state index contributed by atoms with van der Waals surface area (Å²) in [5.74, 6) is -2.17. The van der Waals surface area contributed by atoms with Gasteiger partial charge in [0, 0.05) is 37.1 Å². The first-order valence-corrected chi connectivity index (χ1v) is 21.2. The Morgan fingerprint density at radius 1 is 0.885 bits per heavy atom. The molecule has 8 rings (SSSR count). The molecule has 2 atom stereocenters. The first-order valence-electron chi connectivity index (χ1n) is 21.2. The quantitative estimate of drug-likeness (QED) is 0.0950. The minimum absolute atomic E-state index is 0.0369. The molecule has 0 bridgehead atoms. The number of carbonyl (C=O) groups is 7. The summed E-state index contributed by atoms with van der Waals surface area (Å²) in [6.45, 7) is 2.42. The third-order valence-electron chi connectivity index (χ3n) is 13.0. The Balaban J connectivity index is 0.708. The first kappa shape index (κ1) is 41.3. The van der Waals surface area contributed by atoms with Crippen LogP contribution in [0.1, 0.15) is 133 Å². The van der Waals surface area contributed by atoms with Crippen molar-refractivity contribution in [3.63, 3.8) is 0 Å². The van der Waals surface area contributed by atoms with Crippen LogP contribution in [0.3, 0.4) is 0 Å². The maximum Gasteiger partial charge on any atom is 0.276 e. The molecule has 18 heteroatoms. The number of pyridine rings is 1. The minimum Gasteiger partial charge on any atom is -0.384 e. The molecule has 2 aliphatic carbocycles. The average Bonchev–Trinajstić information content (AvgIpc) is 3.78. The Labute approximate surface area is 351 Å². The molecular weight excluding hydrogens is 785 g/mol. The molecule has 61 heavy (non-hydrogen) atoms. The lowest BCUT2D eigenvalue weighted by Crippen LogP contribution is -2.54. The van der Waals surface area contributed by atoms with E-state index in [9.17, 15) is 38.4 Å². The third kappa shape index (κ3) is 8.10. The Morgan fingerprint density at radius 2 is 1.61 bits per heavy atom. The van der Waals surface area contributed by atoms with Crippen LogP contribution in [0.15, 0.2) is 41.5 Å². The highest BCUT2D eigenvalue weighted by Gasteiger charge is 2.62. The summed E-state index contributed by atoms with van der Waals surface area (Å²) in [6.07, 6.45) is 11.5. The van der Waals surface area contributed by atoms with Crippen molar-refractivity contribution in [3.8, 4) is 0 Å². The van der Waals surface area contributed by atoms with Gasteiger partial charge in [-0.25, -0.2) is 9.97 Å². The Morgan fingerprint density at radius 3 is 2.34 bits per heavy atom. The van der Waals surface area contributed by atoms with Crippen LogP contribution >= 0.6 is 0 Å². The molecule has 5 aliphatic rings. The van der Waals surface area contributed by atoms with Crippen molar-refractivity contribution in [1.82, 2.24) is 35.4 Å². The van der Waals surface area contributed by atoms with E-state index in [2.05, 4.69) is 36.6 Å². The van der Waals surface area contributed by atoms with Gasteiger partial charge in [-0.15, -0.1) is 0 Å². The predicted octanol–water partition coefficient (Wildman–Crippen LogP) is 3.53. The number of unbranched alkanes of at least 4 members (excludes halogenated alkanes) is 6. The van der Waals surface area contributed by atoms with E-state index in [-0.39, 0.29) is 64.4 Å². The molecule has 2 saturated carbocycles. The first-order chi connectivity index (χ1) is 29.3. The fraction of sp³-hybridized carbons (Fsp3) is 0.488. The second-order valence-electron chi connectivity index (χ2n) is 17.1. The lowest BCUT2D eigenvalue weighted by molar-refractivity contribution is -0.136. The Bertz CT molecular complexity index is 2400. The Hall–Kier alpha value is -6.46. The monoisotopic (exact) mass is 834 g/mol. The number of nitrogens with zero attached hydrogens (tertiary/aromatic N) is 4. The van der Waals surface area contributed by atoms with Gasteiger partial charge in [0.25, 0.3) is 23.3 Å². The zero-order chi connectivity index (χ0) is 43.1. The summed E-state index contributed by atoms with van der Waals surface area (Å²) in [6, 6.07) is 6.62. The molecular formula is C43H50N10O8. The number of benzene rings is 1. The van der Waals surface area contributed by atoms with E-state index in [1.807, 2.05) is 0 Å². The molecule has 2 unspecified atom stereocenters. The van der Waals surface area contributed by atoms with Gasteiger partial charge in [0.1, 0.15) is 41.0 Å². The smallest absolute Gasteiger partial charge is 0.276 e. The maximum atomic E-state index is 13.8. The van der Waals surface area contributed by atoms with E-state index in [4.69, 9.17) is 5.73 Å². The molecule has 3 aromatic rings. The number of amides is 7. The fourth-order valence-corrected chi connectivity index (χ4v) is 9.61. The van der Waals surface area contributed by atoms with Crippen LogP contribution in [0.5, 0.6) is 0 Å². The molecule has 18 nitrogen and oxygen atoms in total. The zero-order valence-electron chi connectivity index (χ0n) is 34.1. The number of piperidine rings is 1. The number of nitrogen functional groups attached to an aromatic ring is 1. The van der Waals surface area contributed by atoms with Crippen molar-refractivity contribution < 1.29 is 33.6 Å². The summed E-state index contributed by atoms with van der Waals surface area (Å²) in [5.41, 5.74) is 6.48. The number of anilines is 4. The second kappa shape index (κ2) is 16.5. The van der Waals surface area contributed by atoms with Crippen LogP contribution in [0.2, 0.25) is 0 Å². The van der Waals surface area contributed by atoms with Crippen LogP contribution in [-0.2, 0) is 24.8 Å². The van der Waals surface area contributed by atoms with Gasteiger partial charge in [0.15, 0.2) is 0 Å². The number of carbonyl (C=O) groups excluding carboxylic acids is 7. The summed E-state index contributed by atoms with van der Waals surface area (Å²) in [5, 5.41) is 14.3. The Kier molecular flexibility index (Phi) is 11.2. The van der Waals surface area contributed by atoms with Gasteiger partial charge in [-0.05, 0) is 93.5 Å². The van der Waals surface area contributed by atoms with Crippen LogP contribution < -0.4 is 37.9 Å². The molecule has 320 valence electrons. The van der Waals surface area contributed by atoms with E-state index in [1.165, 1.54) is 24.5 Å². The van der Waals surface area contributed by atoms with Crippen LogP contribution in [0.4, 0.5) is 23.0 Å². The third-order valence-corrected chi connectivity index (χ3v) is 13.0. The van der Waals surface area contributed by atoms with Crippen molar-refractivity contribution in [1.29, 1.82) is 0 Å². The molecule has 5 heterocycles. The molecule has 0 radical (unpaired) electrons. The molecule has 7 N–H and O–H groups in total. The topological polar surface area (TPSA) is 257 Å². The largest absolute Gasteiger partial charge is 0.384 e. The second-order valence-corrected chi connectivity index (χ2v) is 17.1. The standard InChI is InChI=1S/C43H50N10O8/c1-24-19-29(49-32-21-31(44)46-23-47-32)41(61)53-35(24)38(58)51-43(53)16-14-42(15-17-43)22-28(42)36(56)45-18-8-6-4-2-3-5-7-9-33(54)48-25-10-11-26-27(20-25)40(60)52(39(26)59)30-12-13-34(55)50-37(30)57/h10-11,19-21,23,28,30H,2-9,12-18,22H2,1H3,(H,45,56)(H,48,54)(H,51,58)(H,50,55,57)(H3,44,46,47,49). The predicted molar refractivity (Wildman–Crippen MR) is 221 cm³/mol. The van der Waals surface area contributed by atoms with E-state index in [0.29, 0.717) is 60.7 Å². The SMILES string of the molecule is Cc1cc(Nc2cc(N)ncn2)c(=O)n2c1C(=O)NC21CCC2(CC1)CC2C(=O)NCCCCCCCCCC(=O)Nc1ccc2c(c1)C(=O)N(C1CCC(=O)NC1=O)C2=O. The summed E-state index contributed by atoms with van der Waals surface area (Å²) >= 11 is 0. The van der Waals surface area contributed by atoms with Crippen LogP contribution in [0, 0.1) is 18.3 Å². The van der Waals surface area contributed by atoms with Crippen molar-refractivity contribution in [2.75, 3.05) is 22.9 Å². The van der Waals surface area contributed by atoms with Crippen molar-refractivity contribution in [3.05, 3.63) is 69.4 Å². The van der Waals surface area contributed by atoms with Gasteiger partial charge in [0.2, 0.25) is 23.6 Å². The van der Waals surface area contributed by atoms with Crippen LogP contribution in [-0.4, -0.2) is 73.4 Å². The van der Waals surface area contributed by atoms with E-state index in [0.717, 1.165) is 62.7 Å². The number of fused-ring (bicyclic) bond motifs is 3. The summed E-state index contributed by atoms with van der Waals surface area (Å²) in [7, 11) is 0. The molecule has 7 amide bonds. The van der Waals surface area contributed by atoms with Crippen molar-refractivity contribution in [2.24, 2.45) is 11.3 Å². The number of hydrogen-bond donors (Lipinski definition) is 6. The van der Waals surface area contributed by atoms with Gasteiger partial charge >= 0.3 is 0 Å². The zero-order valence-corrected chi connectivity index (χ0v) is 34.1. The minimum atomic E-state index is -1.05.